The summed E-state index contributed by atoms with van der Waals surface area (Å²) in [5.74, 6) is -0.369. The minimum absolute atomic E-state index is 0.185. The zero-order chi connectivity index (χ0) is 72.0. The molecule has 4 nitrogen and oxygen atoms in total. The van der Waals surface area contributed by atoms with Gasteiger partial charge in [0.05, 0.1) is 23.5 Å². The van der Waals surface area contributed by atoms with Gasteiger partial charge in [0, 0.05) is 52.3 Å². The summed E-state index contributed by atoms with van der Waals surface area (Å²) < 4.78 is 62.3. The average molecular weight is 1620 g/mol. The first kappa shape index (κ1) is 87.6. The van der Waals surface area contributed by atoms with Crippen LogP contribution >= 0.6 is 62.0 Å². The first-order valence-corrected chi connectivity index (χ1v) is 48.1. The van der Waals surface area contributed by atoms with Crippen molar-refractivity contribution in [1.29, 1.82) is 0 Å². The summed E-state index contributed by atoms with van der Waals surface area (Å²) in [5.41, 5.74) is 7.84. The van der Waals surface area contributed by atoms with Crippen molar-refractivity contribution in [3.8, 4) is 22.3 Å². The van der Waals surface area contributed by atoms with Crippen LogP contribution in [-0.2, 0) is 10.8 Å². The van der Waals surface area contributed by atoms with Crippen molar-refractivity contribution in [3.63, 3.8) is 0 Å². The van der Waals surface area contributed by atoms with Crippen molar-refractivity contribution >= 4 is 84.0 Å². The molecule has 0 saturated heterocycles. The van der Waals surface area contributed by atoms with Crippen molar-refractivity contribution < 1.29 is 8.78 Å². The summed E-state index contributed by atoms with van der Waals surface area (Å²) in [6, 6.07) is 4.59. The molecule has 2 aromatic heterocycles. The number of halogens is 4. The third kappa shape index (κ3) is 28.0. The van der Waals surface area contributed by atoms with Crippen molar-refractivity contribution in [1.82, 2.24) is 17.5 Å². The van der Waals surface area contributed by atoms with E-state index in [0.717, 1.165) is 129 Å². The summed E-state index contributed by atoms with van der Waals surface area (Å²) in [7, 11) is 0. The Balaban J connectivity index is 1.13. The van der Waals surface area contributed by atoms with Gasteiger partial charge in [0.25, 0.3) is 0 Å². The minimum atomic E-state index is -0.715. The molecule has 3 aromatic carbocycles. The summed E-state index contributed by atoms with van der Waals surface area (Å²) in [6.45, 7) is 9.23. The Morgan fingerprint density at radius 2 is 0.471 bits per heavy atom. The van der Waals surface area contributed by atoms with E-state index in [9.17, 15) is 0 Å². The molecule has 7 rings (SSSR count). The van der Waals surface area contributed by atoms with E-state index < -0.39 is 10.8 Å². The van der Waals surface area contributed by atoms with Crippen molar-refractivity contribution in [2.75, 3.05) is 0 Å². The topological polar surface area (TPSA) is 51.6 Å². The SMILES string of the molecule is CCCCCCCCCCCCCCCCCCC1(CCCCCCCCCCCCCCCCCC)c2cc(Br)c3nsnc3c2-c2c(F)c3c(c(F)c21)-c1c(cc(I)c2nsnc12)C3(CCCCCCCCCCCCCCCCCC)CCCCCCCCCCCCCCCCCC. The van der Waals surface area contributed by atoms with Crippen LogP contribution in [0.15, 0.2) is 16.6 Å². The fourth-order valence-electron chi connectivity index (χ4n) is 18.6. The lowest BCUT2D eigenvalue weighted by Crippen LogP contribution is -2.29. The summed E-state index contributed by atoms with van der Waals surface area (Å²) in [6.07, 6.45) is 87.2. The van der Waals surface area contributed by atoms with Gasteiger partial charge in [-0.1, -0.05) is 439 Å². The molecule has 10 heteroatoms. The summed E-state index contributed by atoms with van der Waals surface area (Å²) in [4.78, 5) is 0. The Morgan fingerprint density at radius 3 is 0.716 bits per heavy atom. The number of rotatable bonds is 68. The average Bonchev–Trinajstić information content (AvgIpc) is 1.50. The Bertz CT molecular complexity index is 2720. The van der Waals surface area contributed by atoms with Crippen LogP contribution in [0.2, 0.25) is 0 Å². The van der Waals surface area contributed by atoms with Gasteiger partial charge in [0.2, 0.25) is 0 Å². The van der Waals surface area contributed by atoms with Crippen molar-refractivity contribution in [2.45, 2.75) is 475 Å². The lowest BCUT2D eigenvalue weighted by molar-refractivity contribution is 0.374. The predicted octanol–water partition coefficient (Wildman–Crippen LogP) is 34.5. The van der Waals surface area contributed by atoms with Crippen LogP contribution in [0.5, 0.6) is 0 Å². The number of nitrogens with zero attached hydrogens (tertiary/aromatic N) is 4. The van der Waals surface area contributed by atoms with Crippen LogP contribution in [-0.4, -0.2) is 17.5 Å². The quantitative estimate of drug-likeness (QED) is 0.0288. The van der Waals surface area contributed by atoms with E-state index in [1.165, 1.54) is 383 Å². The molecule has 0 saturated carbocycles. The largest absolute Gasteiger partial charge is 0.206 e. The number of benzene rings is 3. The van der Waals surface area contributed by atoms with Gasteiger partial charge in [-0.15, -0.1) is 0 Å². The number of aromatic nitrogens is 4. The van der Waals surface area contributed by atoms with Crippen molar-refractivity contribution in [2.24, 2.45) is 0 Å². The molecule has 0 unspecified atom stereocenters. The highest BCUT2D eigenvalue weighted by Gasteiger charge is 2.55. The monoisotopic (exact) mass is 1620 g/mol. The molecule has 0 radical (unpaired) electrons. The van der Waals surface area contributed by atoms with Gasteiger partial charge in [-0.05, 0) is 87.5 Å². The number of unbranched alkanes of at least 4 members (excludes halogenated alkanes) is 60. The van der Waals surface area contributed by atoms with E-state index in [1.54, 1.807) is 0 Å². The third-order valence-electron chi connectivity index (χ3n) is 24.7. The molecular weight excluding hydrogens is 1470 g/mol. The second-order valence-electron chi connectivity index (χ2n) is 33.0. The van der Waals surface area contributed by atoms with Crippen LogP contribution in [0.3, 0.4) is 0 Å². The molecule has 2 heterocycles. The van der Waals surface area contributed by atoms with Gasteiger partial charge in [0.1, 0.15) is 33.7 Å². The maximum absolute atomic E-state index is 20.1. The molecule has 2 aliphatic carbocycles. The van der Waals surface area contributed by atoms with E-state index >= 15 is 8.78 Å². The van der Waals surface area contributed by atoms with Gasteiger partial charge in [0.15, 0.2) is 0 Å². The zero-order valence-corrected chi connectivity index (χ0v) is 71.7. The van der Waals surface area contributed by atoms with E-state index in [0.29, 0.717) is 22.3 Å². The molecule has 0 fully saturated rings. The highest BCUT2D eigenvalue weighted by atomic mass is 127. The lowest BCUT2D eigenvalue weighted by atomic mass is 9.68. The molecule has 0 amide bonds. The first-order valence-electron chi connectivity index (χ1n) is 44.8. The van der Waals surface area contributed by atoms with E-state index in [4.69, 9.17) is 17.5 Å². The van der Waals surface area contributed by atoms with Crippen LogP contribution in [0, 0.1) is 15.2 Å². The maximum atomic E-state index is 20.1. The Morgan fingerprint density at radius 1 is 0.275 bits per heavy atom. The minimum Gasteiger partial charge on any atom is -0.206 e. The summed E-state index contributed by atoms with van der Waals surface area (Å²) in [5, 5.41) is 0. The van der Waals surface area contributed by atoms with Crippen LogP contribution in [0.25, 0.3) is 44.3 Å². The van der Waals surface area contributed by atoms with Crippen molar-refractivity contribution in [3.05, 3.63) is 54.1 Å². The molecule has 102 heavy (non-hydrogen) atoms. The molecule has 0 atom stereocenters. The predicted molar refractivity (Wildman–Crippen MR) is 458 cm³/mol. The third-order valence-corrected chi connectivity index (χ3v) is 27.2. The standard InChI is InChI=1S/C92H150BrF2IN4S2/c1-5-9-13-17-21-25-29-33-37-41-45-49-53-57-61-65-69-91(70-66-62-58-54-50-46-42-38-34-30-26-22-18-14-10-6-2)75-73-77(93)87-89(99-101-97-87)79(75)81-83(91)86(95)82-80-76(74-78(96)88-90(80)100-102-98-88)92(84(82)85(81)94,71-67-63-59-55-51-47-43-39-35-31-27-23-19-15-11-7-3)72-68-64-60-56-52-48-44-40-36-32-28-24-20-16-12-8-4/h73-74H,5-72H2,1-4H3. The van der Waals surface area contributed by atoms with E-state index in [2.05, 4.69) is 78.3 Å². The van der Waals surface area contributed by atoms with E-state index in [-0.39, 0.29) is 11.6 Å². The summed E-state index contributed by atoms with van der Waals surface area (Å²) >= 11 is 8.97. The Kier molecular flexibility index (Phi) is 45.7. The Hall–Kier alpha value is -1.63. The first-order chi connectivity index (χ1) is 50.3. The molecule has 2 aliphatic rings. The van der Waals surface area contributed by atoms with Crippen LogP contribution in [0.4, 0.5) is 8.78 Å². The zero-order valence-electron chi connectivity index (χ0n) is 66.4. The molecule has 0 spiro atoms. The fourth-order valence-corrected chi connectivity index (χ4v) is 21.2. The van der Waals surface area contributed by atoms with Crippen LogP contribution < -0.4 is 0 Å². The fraction of sp³-hybridized carbons (Fsp3) is 0.804. The number of hydrogen-bond acceptors (Lipinski definition) is 6. The molecule has 0 bridgehead atoms. The van der Waals surface area contributed by atoms with E-state index in [1.807, 2.05) is 0 Å². The number of hydrogen-bond donors (Lipinski definition) is 0. The van der Waals surface area contributed by atoms with Crippen LogP contribution in [0.1, 0.15) is 487 Å². The van der Waals surface area contributed by atoms with Gasteiger partial charge in [-0.2, -0.15) is 17.5 Å². The second kappa shape index (κ2) is 53.3. The highest BCUT2D eigenvalue weighted by molar-refractivity contribution is 14.1. The normalized spacial score (nSPS) is 13.6. The molecule has 578 valence electrons. The molecule has 0 aliphatic heterocycles. The highest BCUT2D eigenvalue weighted by Crippen LogP contribution is 2.65. The Labute approximate surface area is 656 Å². The van der Waals surface area contributed by atoms with Gasteiger partial charge in [-0.3, -0.25) is 0 Å². The lowest BCUT2D eigenvalue weighted by Gasteiger charge is -2.35. The maximum Gasteiger partial charge on any atom is 0.136 e. The van der Waals surface area contributed by atoms with Gasteiger partial charge in [-0.25, -0.2) is 8.78 Å². The molecule has 5 aromatic rings. The smallest absolute Gasteiger partial charge is 0.136 e. The molecule has 0 N–H and O–H groups in total. The van der Waals surface area contributed by atoms with Gasteiger partial charge < -0.3 is 0 Å². The number of fused-ring (bicyclic) bond motifs is 10. The second-order valence-corrected chi connectivity index (χ2v) is 36.1. The molecular formula is C92H150BrF2IN4S2. The van der Waals surface area contributed by atoms with Gasteiger partial charge >= 0.3 is 0 Å².